The second-order valence-corrected chi connectivity index (χ2v) is 17.2. The summed E-state index contributed by atoms with van der Waals surface area (Å²) < 4.78 is 45.2. The first-order valence-corrected chi connectivity index (χ1v) is 22.5. The fourth-order valence-electron chi connectivity index (χ4n) is 11.2. The van der Waals surface area contributed by atoms with E-state index in [0.29, 0.717) is 22.5 Å². The van der Waals surface area contributed by atoms with Gasteiger partial charge in [0.1, 0.15) is 5.58 Å². The molecule has 2 aliphatic carbocycles. The second kappa shape index (κ2) is 15.1. The maximum atomic E-state index is 10.0. The zero-order chi connectivity index (χ0) is 47.1. The third-order valence-electron chi connectivity index (χ3n) is 14.0. The lowest BCUT2D eigenvalue weighted by molar-refractivity contribution is 0.616. The van der Waals surface area contributed by atoms with Gasteiger partial charge in [0.05, 0.1) is 22.6 Å². The van der Waals surface area contributed by atoms with Gasteiger partial charge in [0.2, 0.25) is 0 Å². The monoisotopic (exact) mass is 845 g/mol. The number of benzene rings is 10. The fraction of sp³-hybridized carbons (Fsp3) is 0.0312. The van der Waals surface area contributed by atoms with E-state index in [0.717, 1.165) is 61.0 Å². The number of furan rings is 1. The van der Waals surface area contributed by atoms with Crippen LogP contribution in [0.4, 0.5) is 17.1 Å². The molecule has 10 aromatic carbocycles. The lowest BCUT2D eigenvalue weighted by atomic mass is 9.67. The summed E-state index contributed by atoms with van der Waals surface area (Å²) in [6.45, 7) is 0. The van der Waals surface area contributed by atoms with Crippen molar-refractivity contribution in [2.75, 3.05) is 4.90 Å². The Labute approximate surface area is 391 Å². The van der Waals surface area contributed by atoms with E-state index in [4.69, 9.17) is 4.42 Å². The summed E-state index contributed by atoms with van der Waals surface area (Å²) in [4.78, 5) is 1.97. The van der Waals surface area contributed by atoms with Gasteiger partial charge in [0, 0.05) is 22.4 Å². The van der Waals surface area contributed by atoms with Gasteiger partial charge >= 0.3 is 0 Å². The minimum atomic E-state index is -0.726. The molecule has 0 N–H and O–H groups in total. The Morgan fingerprint density at radius 3 is 1.23 bits per heavy atom. The van der Waals surface area contributed by atoms with E-state index in [-0.39, 0.29) is 35.4 Å². The molecule has 0 fully saturated rings. The number of hydrogen-bond acceptors (Lipinski definition) is 2. The van der Waals surface area contributed by atoms with Crippen molar-refractivity contribution in [2.45, 2.75) is 10.8 Å². The third-order valence-corrected chi connectivity index (χ3v) is 14.0. The van der Waals surface area contributed by atoms with Gasteiger partial charge in [-0.2, -0.15) is 0 Å². The SMILES string of the molecule is [2H]c1c([2H])c(N(c2ccc3c(c2)C(c2ccccc2)(c2ccccc2)c2ccccc2-3)c2ccc3c(c2)C(c2ccccc2)(c2ccccc2)c2ccccc2-3)c([2H])c([2H])c1-c1ccc2occc2c1. The van der Waals surface area contributed by atoms with Crippen LogP contribution in [0.2, 0.25) is 0 Å². The predicted octanol–water partition coefficient (Wildman–Crippen LogP) is 16.3. The van der Waals surface area contributed by atoms with Crippen molar-refractivity contribution in [2.24, 2.45) is 0 Å². The van der Waals surface area contributed by atoms with E-state index in [1.165, 1.54) is 11.1 Å². The molecule has 0 bridgehead atoms. The van der Waals surface area contributed by atoms with Crippen LogP contribution in [-0.2, 0) is 10.8 Å². The summed E-state index contributed by atoms with van der Waals surface area (Å²) in [5.74, 6) is 0. The van der Waals surface area contributed by atoms with Crippen LogP contribution in [0.15, 0.2) is 265 Å². The predicted molar refractivity (Wildman–Crippen MR) is 271 cm³/mol. The standard InChI is InChI=1S/C64H43NO/c1-5-17-47(18-6-1)63(48-19-7-2-8-20-48)58-27-15-13-25-54(58)56-36-34-52(42-60(56)63)65(51-32-29-44(30-33-51)45-31-38-62-46(41-45)39-40-66-62)53-35-37-57-55-26-14-16-28-59(55)64(61(57)43-53,49-21-9-3-10-22-49)50-23-11-4-12-24-50/h1-43H/i29D,30D,32D,33D. The minimum Gasteiger partial charge on any atom is -0.464 e. The molecule has 0 spiro atoms. The Morgan fingerprint density at radius 1 is 0.333 bits per heavy atom. The van der Waals surface area contributed by atoms with E-state index in [1.54, 1.807) is 6.26 Å². The van der Waals surface area contributed by atoms with Crippen molar-refractivity contribution in [1.29, 1.82) is 0 Å². The van der Waals surface area contributed by atoms with E-state index >= 15 is 0 Å². The van der Waals surface area contributed by atoms with Gasteiger partial charge in [0.25, 0.3) is 0 Å². The lowest BCUT2D eigenvalue weighted by Crippen LogP contribution is -2.29. The van der Waals surface area contributed by atoms with E-state index in [2.05, 4.69) is 206 Å². The number of anilines is 3. The third kappa shape index (κ3) is 5.55. The van der Waals surface area contributed by atoms with Crippen LogP contribution in [-0.4, -0.2) is 0 Å². The van der Waals surface area contributed by atoms with Crippen molar-refractivity contribution in [3.8, 4) is 33.4 Å². The molecular formula is C64H43NO. The first-order chi connectivity index (χ1) is 34.4. The average Bonchev–Trinajstić information content (AvgIpc) is 4.10. The number of hydrogen-bond donors (Lipinski definition) is 0. The molecule has 0 unspecified atom stereocenters. The minimum absolute atomic E-state index is 0.128. The van der Waals surface area contributed by atoms with Crippen LogP contribution >= 0.6 is 0 Å². The summed E-state index contributed by atoms with van der Waals surface area (Å²) in [5, 5.41) is 0.818. The molecule has 1 heterocycles. The number of nitrogens with zero attached hydrogens (tertiary/aromatic N) is 1. The van der Waals surface area contributed by atoms with E-state index < -0.39 is 10.8 Å². The molecule has 11 aromatic rings. The van der Waals surface area contributed by atoms with Gasteiger partial charge < -0.3 is 9.32 Å². The molecule has 0 atom stereocenters. The zero-order valence-electron chi connectivity index (χ0n) is 39.9. The van der Waals surface area contributed by atoms with Crippen LogP contribution in [0.1, 0.15) is 50.0 Å². The van der Waals surface area contributed by atoms with Crippen molar-refractivity contribution >= 4 is 28.0 Å². The van der Waals surface area contributed by atoms with E-state index in [1.807, 2.05) is 29.2 Å². The Hall–Kier alpha value is -8.46. The highest BCUT2D eigenvalue weighted by atomic mass is 16.3. The Morgan fingerprint density at radius 2 is 0.758 bits per heavy atom. The molecule has 310 valence electrons. The van der Waals surface area contributed by atoms with Gasteiger partial charge in [-0.1, -0.05) is 200 Å². The van der Waals surface area contributed by atoms with Gasteiger partial charge in [-0.15, -0.1) is 0 Å². The van der Waals surface area contributed by atoms with E-state index in [9.17, 15) is 5.48 Å². The Balaban J connectivity index is 1.12. The van der Waals surface area contributed by atoms with Crippen LogP contribution in [0.3, 0.4) is 0 Å². The normalized spacial score (nSPS) is 14.5. The summed E-state index contributed by atoms with van der Waals surface area (Å²) in [6, 6.07) is 79.7. The molecule has 2 heteroatoms. The molecule has 0 saturated heterocycles. The summed E-state index contributed by atoms with van der Waals surface area (Å²) in [6.07, 6.45) is 1.61. The van der Waals surface area contributed by atoms with Gasteiger partial charge in [0.15, 0.2) is 0 Å². The van der Waals surface area contributed by atoms with Crippen molar-refractivity contribution in [3.05, 3.63) is 305 Å². The number of fused-ring (bicyclic) bond motifs is 7. The van der Waals surface area contributed by atoms with Gasteiger partial charge in [-0.05, 0) is 132 Å². The van der Waals surface area contributed by atoms with Gasteiger partial charge in [-0.3, -0.25) is 0 Å². The zero-order valence-corrected chi connectivity index (χ0v) is 35.9. The average molecular weight is 846 g/mol. The van der Waals surface area contributed by atoms with Crippen LogP contribution in [0.5, 0.6) is 0 Å². The summed E-state index contributed by atoms with van der Waals surface area (Å²) in [5.41, 5.74) is 15.0. The molecule has 0 amide bonds. The first-order valence-electron chi connectivity index (χ1n) is 24.5. The van der Waals surface area contributed by atoms with Crippen molar-refractivity contribution in [3.63, 3.8) is 0 Å². The first kappa shape index (κ1) is 34.0. The molecular weight excluding hydrogens is 799 g/mol. The maximum absolute atomic E-state index is 10.0. The second-order valence-electron chi connectivity index (χ2n) is 17.2. The summed E-state index contributed by atoms with van der Waals surface area (Å²) >= 11 is 0. The van der Waals surface area contributed by atoms with Gasteiger partial charge in [-0.25, -0.2) is 0 Å². The van der Waals surface area contributed by atoms with Crippen LogP contribution in [0.25, 0.3) is 44.3 Å². The highest BCUT2D eigenvalue weighted by molar-refractivity contribution is 5.93. The largest absolute Gasteiger partial charge is 0.464 e. The Bertz CT molecular complexity index is 3540. The van der Waals surface area contributed by atoms with Crippen LogP contribution < -0.4 is 4.90 Å². The molecule has 2 aliphatic rings. The summed E-state index contributed by atoms with van der Waals surface area (Å²) in [7, 11) is 0. The van der Waals surface area contributed by atoms with Crippen molar-refractivity contribution < 1.29 is 9.90 Å². The van der Waals surface area contributed by atoms with Crippen molar-refractivity contribution in [1.82, 2.24) is 0 Å². The Kier molecular flexibility index (Phi) is 7.77. The molecule has 0 radical (unpaired) electrons. The maximum Gasteiger partial charge on any atom is 0.133 e. The molecule has 0 saturated carbocycles. The molecule has 1 aromatic heterocycles. The smallest absolute Gasteiger partial charge is 0.133 e. The fourth-order valence-corrected chi connectivity index (χ4v) is 11.2. The number of rotatable bonds is 8. The highest BCUT2D eigenvalue weighted by Crippen LogP contribution is 2.59. The molecule has 66 heavy (non-hydrogen) atoms. The van der Waals surface area contributed by atoms with Crippen LogP contribution in [0, 0.1) is 0 Å². The topological polar surface area (TPSA) is 16.4 Å². The lowest BCUT2D eigenvalue weighted by Gasteiger charge is -2.36. The molecule has 0 aliphatic heterocycles. The highest BCUT2D eigenvalue weighted by Gasteiger charge is 2.48. The molecule has 13 rings (SSSR count). The quantitative estimate of drug-likeness (QED) is 0.151. The molecule has 2 nitrogen and oxygen atoms in total.